The summed E-state index contributed by atoms with van der Waals surface area (Å²) in [5.41, 5.74) is 17.4. The Morgan fingerprint density at radius 1 is 1.05 bits per heavy atom. The van der Waals surface area contributed by atoms with Gasteiger partial charge in [0.25, 0.3) is 0 Å². The fourth-order valence-corrected chi connectivity index (χ4v) is 2.33. The molecule has 0 fully saturated rings. The highest BCUT2D eigenvalue weighted by molar-refractivity contribution is 5.84. The Balaban J connectivity index is 3.47. The average Bonchev–Trinajstić information content (AvgIpc) is 2.21. The van der Waals surface area contributed by atoms with Crippen molar-refractivity contribution in [2.75, 3.05) is 16.8 Å². The summed E-state index contributed by atoms with van der Waals surface area (Å²) in [6.45, 7) is 15.0. The molecule has 0 atom stereocenters. The number of anilines is 3. The minimum absolute atomic E-state index is 0.0495. The molecule has 0 aliphatic rings. The molecule has 108 valence electrons. The predicted molar refractivity (Wildman–Crippen MR) is 86.7 cm³/mol. The number of hydrogen-bond donors (Lipinski definition) is 3. The summed E-state index contributed by atoms with van der Waals surface area (Å²) in [4.78, 5) is 0. The first-order chi connectivity index (χ1) is 8.47. The van der Waals surface area contributed by atoms with Gasteiger partial charge < -0.3 is 16.8 Å². The predicted octanol–water partition coefficient (Wildman–Crippen LogP) is 3.92. The van der Waals surface area contributed by atoms with Crippen molar-refractivity contribution < 1.29 is 0 Å². The van der Waals surface area contributed by atoms with Gasteiger partial charge in [0.15, 0.2) is 0 Å². The van der Waals surface area contributed by atoms with Crippen LogP contribution in [0.5, 0.6) is 0 Å². The monoisotopic (exact) mass is 263 g/mol. The van der Waals surface area contributed by atoms with Crippen LogP contribution >= 0.6 is 0 Å². The summed E-state index contributed by atoms with van der Waals surface area (Å²) in [6, 6.07) is 2.07. The summed E-state index contributed by atoms with van der Waals surface area (Å²) < 4.78 is 0. The average molecular weight is 263 g/mol. The molecule has 0 bridgehead atoms. The molecule has 0 aromatic heterocycles. The lowest BCUT2D eigenvalue weighted by atomic mass is 9.81. The Labute approximate surface area is 117 Å². The van der Waals surface area contributed by atoms with E-state index in [1.807, 2.05) is 0 Å². The van der Waals surface area contributed by atoms with Crippen LogP contribution < -0.4 is 16.8 Å². The van der Waals surface area contributed by atoms with Crippen molar-refractivity contribution in [3.05, 3.63) is 17.2 Å². The van der Waals surface area contributed by atoms with Gasteiger partial charge in [0.2, 0.25) is 0 Å². The highest BCUT2D eigenvalue weighted by Gasteiger charge is 2.23. The van der Waals surface area contributed by atoms with E-state index >= 15 is 0 Å². The number of hydrogen-bond acceptors (Lipinski definition) is 3. The second kappa shape index (κ2) is 4.95. The Morgan fingerprint density at radius 2 is 1.58 bits per heavy atom. The van der Waals surface area contributed by atoms with Crippen molar-refractivity contribution in [2.24, 2.45) is 0 Å². The standard InChI is InChI=1S/C16H29N3/c1-8-10-11(15(2,3)4)9-12(17)14(13(10)18)19-16(5,6)7/h9,19H,8,17-18H2,1-7H3. The first-order valence-electron chi connectivity index (χ1n) is 6.97. The largest absolute Gasteiger partial charge is 0.397 e. The normalized spacial score (nSPS) is 12.6. The van der Waals surface area contributed by atoms with Gasteiger partial charge in [-0.2, -0.15) is 0 Å². The third-order valence-corrected chi connectivity index (χ3v) is 3.17. The van der Waals surface area contributed by atoms with Crippen molar-refractivity contribution >= 4 is 17.1 Å². The molecule has 0 amide bonds. The van der Waals surface area contributed by atoms with E-state index in [-0.39, 0.29) is 11.0 Å². The molecule has 19 heavy (non-hydrogen) atoms. The number of rotatable bonds is 2. The van der Waals surface area contributed by atoms with Crippen LogP contribution in [0.1, 0.15) is 59.6 Å². The molecule has 3 heteroatoms. The van der Waals surface area contributed by atoms with Crippen LogP contribution in [0.3, 0.4) is 0 Å². The van der Waals surface area contributed by atoms with Crippen LogP contribution in [0.25, 0.3) is 0 Å². The van der Waals surface area contributed by atoms with Crippen LogP contribution in [0.2, 0.25) is 0 Å². The fraction of sp³-hybridized carbons (Fsp3) is 0.625. The van der Waals surface area contributed by atoms with Gasteiger partial charge in [-0.15, -0.1) is 0 Å². The van der Waals surface area contributed by atoms with Gasteiger partial charge in [-0.25, -0.2) is 0 Å². The van der Waals surface area contributed by atoms with Crippen LogP contribution in [-0.2, 0) is 11.8 Å². The van der Waals surface area contributed by atoms with E-state index in [9.17, 15) is 0 Å². The molecule has 0 aliphatic heterocycles. The fourth-order valence-electron chi connectivity index (χ4n) is 2.33. The summed E-state index contributed by atoms with van der Waals surface area (Å²) in [7, 11) is 0. The molecule has 0 unspecified atom stereocenters. The van der Waals surface area contributed by atoms with Gasteiger partial charge in [0.05, 0.1) is 17.1 Å². The van der Waals surface area contributed by atoms with E-state index in [4.69, 9.17) is 11.5 Å². The number of nitrogen functional groups attached to an aromatic ring is 2. The molecule has 5 N–H and O–H groups in total. The zero-order valence-corrected chi connectivity index (χ0v) is 13.4. The molecule has 1 rings (SSSR count). The number of nitrogens with one attached hydrogen (secondary N) is 1. The highest BCUT2D eigenvalue weighted by Crippen LogP contribution is 2.39. The highest BCUT2D eigenvalue weighted by atomic mass is 15.0. The molecule has 0 aliphatic carbocycles. The van der Waals surface area contributed by atoms with Crippen LogP contribution in [-0.4, -0.2) is 5.54 Å². The van der Waals surface area contributed by atoms with Crippen LogP contribution in [0, 0.1) is 0 Å². The molecule has 1 aromatic rings. The lowest BCUT2D eigenvalue weighted by molar-refractivity contribution is 0.584. The molecule has 0 saturated heterocycles. The molecule has 1 aromatic carbocycles. The molecule has 0 spiro atoms. The molecule has 0 heterocycles. The van der Waals surface area contributed by atoms with Crippen molar-refractivity contribution in [1.29, 1.82) is 0 Å². The molecule has 3 nitrogen and oxygen atoms in total. The van der Waals surface area contributed by atoms with Gasteiger partial charge in [-0.05, 0) is 49.8 Å². The van der Waals surface area contributed by atoms with Gasteiger partial charge in [-0.3, -0.25) is 0 Å². The van der Waals surface area contributed by atoms with Crippen molar-refractivity contribution in [1.82, 2.24) is 0 Å². The maximum absolute atomic E-state index is 6.36. The van der Waals surface area contributed by atoms with E-state index < -0.39 is 0 Å². The molecule has 0 saturated carbocycles. The van der Waals surface area contributed by atoms with E-state index in [2.05, 4.69) is 59.8 Å². The summed E-state index contributed by atoms with van der Waals surface area (Å²) in [6.07, 6.45) is 0.914. The summed E-state index contributed by atoms with van der Waals surface area (Å²) in [5.74, 6) is 0. The van der Waals surface area contributed by atoms with Crippen molar-refractivity contribution in [3.63, 3.8) is 0 Å². The first-order valence-corrected chi connectivity index (χ1v) is 6.97. The van der Waals surface area contributed by atoms with Crippen LogP contribution in [0.15, 0.2) is 6.07 Å². The Bertz CT molecular complexity index is 462. The minimum Gasteiger partial charge on any atom is -0.397 e. The third-order valence-electron chi connectivity index (χ3n) is 3.17. The first kappa shape index (κ1) is 15.7. The minimum atomic E-state index is -0.0590. The maximum Gasteiger partial charge on any atom is 0.0814 e. The number of benzene rings is 1. The maximum atomic E-state index is 6.36. The van der Waals surface area contributed by atoms with E-state index in [1.165, 1.54) is 11.1 Å². The Hall–Kier alpha value is -1.38. The zero-order valence-electron chi connectivity index (χ0n) is 13.4. The Kier molecular flexibility index (Phi) is 4.08. The van der Waals surface area contributed by atoms with E-state index in [0.29, 0.717) is 0 Å². The summed E-state index contributed by atoms with van der Waals surface area (Å²) >= 11 is 0. The third kappa shape index (κ3) is 3.55. The second-order valence-electron chi connectivity index (χ2n) is 7.26. The van der Waals surface area contributed by atoms with E-state index in [1.54, 1.807) is 0 Å². The van der Waals surface area contributed by atoms with Crippen LogP contribution in [0.4, 0.5) is 17.1 Å². The quantitative estimate of drug-likeness (QED) is 0.709. The van der Waals surface area contributed by atoms with Gasteiger partial charge in [0, 0.05) is 5.54 Å². The van der Waals surface area contributed by atoms with Gasteiger partial charge in [-0.1, -0.05) is 27.7 Å². The lowest BCUT2D eigenvalue weighted by Crippen LogP contribution is -2.28. The van der Waals surface area contributed by atoms with Crippen molar-refractivity contribution in [3.8, 4) is 0 Å². The van der Waals surface area contributed by atoms with E-state index in [0.717, 1.165) is 23.5 Å². The Morgan fingerprint density at radius 3 is 1.95 bits per heavy atom. The lowest BCUT2D eigenvalue weighted by Gasteiger charge is -2.29. The molecular formula is C16H29N3. The summed E-state index contributed by atoms with van der Waals surface area (Å²) in [5, 5.41) is 3.42. The van der Waals surface area contributed by atoms with Crippen molar-refractivity contribution in [2.45, 2.75) is 65.8 Å². The molecular weight excluding hydrogens is 234 g/mol. The number of nitrogens with two attached hydrogens (primary N) is 2. The smallest absolute Gasteiger partial charge is 0.0814 e. The topological polar surface area (TPSA) is 64.1 Å². The van der Waals surface area contributed by atoms with Gasteiger partial charge in [0.1, 0.15) is 0 Å². The van der Waals surface area contributed by atoms with Gasteiger partial charge >= 0.3 is 0 Å². The molecule has 0 radical (unpaired) electrons. The zero-order chi connectivity index (χ0) is 15.0. The second-order valence-corrected chi connectivity index (χ2v) is 7.26. The SMILES string of the molecule is CCc1c(C(C)(C)C)cc(N)c(NC(C)(C)C)c1N.